The fourth-order valence-electron chi connectivity index (χ4n) is 3.01. The van der Waals surface area contributed by atoms with Gasteiger partial charge in [0.15, 0.2) is 6.23 Å². The number of alkyl halides is 1. The van der Waals surface area contributed by atoms with Crippen molar-refractivity contribution in [3.63, 3.8) is 0 Å². The number of amides is 1. The van der Waals surface area contributed by atoms with E-state index in [1.807, 2.05) is 0 Å². The summed E-state index contributed by atoms with van der Waals surface area (Å²) in [5.41, 5.74) is 3.64. The number of anilines is 1. The molecule has 4 rings (SSSR count). The Morgan fingerprint density at radius 1 is 1.28 bits per heavy atom. The number of nitrogens with one attached hydrogen (secondary N) is 3. The normalized spacial score (nSPS) is 15.4. The number of imidazole rings is 1. The molecule has 2 aromatic carbocycles. The van der Waals surface area contributed by atoms with Crippen LogP contribution >= 0.6 is 11.6 Å². The topological polar surface area (TPSA) is 112 Å². The van der Waals surface area contributed by atoms with Crippen LogP contribution < -0.4 is 10.7 Å². The van der Waals surface area contributed by atoms with Crippen LogP contribution in [0.4, 0.5) is 19.5 Å². The molecule has 0 saturated heterocycles. The Morgan fingerprint density at radius 3 is 2.86 bits per heavy atom. The fourth-order valence-corrected chi connectivity index (χ4v) is 3.09. The number of hydrogen-bond donors (Lipinski definition) is 4. The molecule has 29 heavy (non-hydrogen) atoms. The molecular weight excluding hydrogens is 408 g/mol. The lowest BCUT2D eigenvalue weighted by Crippen LogP contribution is -2.28. The largest absolute Gasteiger partial charge is 0.448 e. The molecule has 0 radical (unpaired) electrons. The van der Waals surface area contributed by atoms with Gasteiger partial charge in [0.05, 0.1) is 22.5 Å². The lowest BCUT2D eigenvalue weighted by atomic mass is 9.94. The van der Waals surface area contributed by atoms with E-state index in [0.29, 0.717) is 16.6 Å². The van der Waals surface area contributed by atoms with E-state index in [1.165, 1.54) is 0 Å². The Hall–Kier alpha value is -3.24. The van der Waals surface area contributed by atoms with Gasteiger partial charge in [-0.05, 0) is 24.3 Å². The van der Waals surface area contributed by atoms with Crippen LogP contribution in [0.25, 0.3) is 11.0 Å². The van der Waals surface area contributed by atoms with Crippen molar-refractivity contribution in [2.45, 2.75) is 6.23 Å². The summed E-state index contributed by atoms with van der Waals surface area (Å²) in [6.07, 6.45) is -2.18. The smallest absolute Gasteiger partial charge is 0.414 e. The quantitative estimate of drug-likeness (QED) is 0.484. The van der Waals surface area contributed by atoms with E-state index in [0.717, 1.165) is 12.1 Å². The number of aromatic amines is 1. The van der Waals surface area contributed by atoms with Crippen LogP contribution in [-0.4, -0.2) is 39.4 Å². The second-order valence-corrected chi connectivity index (χ2v) is 6.46. The predicted octanol–water partition coefficient (Wildman–Crippen LogP) is 2.97. The number of carbonyl (C=O) groups excluding carboxylic acids is 1. The van der Waals surface area contributed by atoms with Crippen LogP contribution in [-0.2, 0) is 4.74 Å². The molecule has 0 spiro atoms. The summed E-state index contributed by atoms with van der Waals surface area (Å²) in [5.74, 6) is -1.15. The minimum Gasteiger partial charge on any atom is -0.448 e. The van der Waals surface area contributed by atoms with Crippen molar-refractivity contribution in [1.82, 2.24) is 15.4 Å². The number of benzene rings is 2. The number of ether oxygens (including phenoxy) is 1. The van der Waals surface area contributed by atoms with E-state index < -0.39 is 24.0 Å². The van der Waals surface area contributed by atoms with Crippen LogP contribution in [0, 0.1) is 11.6 Å². The van der Waals surface area contributed by atoms with Gasteiger partial charge in [0, 0.05) is 11.1 Å². The number of aliphatic hydroxyl groups is 1. The highest BCUT2D eigenvalue weighted by Gasteiger charge is 2.28. The van der Waals surface area contributed by atoms with Gasteiger partial charge in [0.1, 0.15) is 24.0 Å². The fraction of sp³-hybridized carbons (Fsp3) is 0.167. The lowest BCUT2D eigenvalue weighted by Gasteiger charge is -2.23. The zero-order valence-corrected chi connectivity index (χ0v) is 15.4. The molecule has 1 aliphatic rings. The van der Waals surface area contributed by atoms with Crippen LogP contribution in [0.15, 0.2) is 35.4 Å². The highest BCUT2D eigenvalue weighted by molar-refractivity contribution is 6.18. The first-order valence-electron chi connectivity index (χ1n) is 8.47. The molecule has 0 saturated carbocycles. The molecule has 4 N–H and O–H groups in total. The molecule has 1 unspecified atom stereocenters. The molecular formula is C18H14ClF2N5O3. The minimum absolute atomic E-state index is 0.0535. The van der Waals surface area contributed by atoms with E-state index in [2.05, 4.69) is 25.8 Å². The molecule has 150 valence electrons. The molecule has 8 nitrogen and oxygen atoms in total. The van der Waals surface area contributed by atoms with Crippen molar-refractivity contribution in [3.05, 3.63) is 58.7 Å². The Bertz CT molecular complexity index is 1130. The number of carbonyl (C=O) groups is 1. The molecule has 11 heteroatoms. The van der Waals surface area contributed by atoms with Gasteiger partial charge in [0.2, 0.25) is 5.95 Å². The molecule has 1 atom stereocenters. The van der Waals surface area contributed by atoms with Gasteiger partial charge in [-0.2, -0.15) is 5.10 Å². The van der Waals surface area contributed by atoms with Gasteiger partial charge in [-0.1, -0.05) is 6.07 Å². The summed E-state index contributed by atoms with van der Waals surface area (Å²) in [5, 5.41) is 16.4. The van der Waals surface area contributed by atoms with Gasteiger partial charge < -0.3 is 14.8 Å². The number of H-pyrrole nitrogens is 1. The van der Waals surface area contributed by atoms with E-state index in [1.54, 1.807) is 18.2 Å². The number of aromatic nitrogens is 2. The lowest BCUT2D eigenvalue weighted by molar-refractivity contribution is 0.133. The van der Waals surface area contributed by atoms with Crippen molar-refractivity contribution in [1.29, 1.82) is 0 Å². The maximum absolute atomic E-state index is 14.4. The summed E-state index contributed by atoms with van der Waals surface area (Å²) in [7, 11) is 0. The second-order valence-electron chi connectivity index (χ2n) is 6.08. The van der Waals surface area contributed by atoms with Crippen molar-refractivity contribution < 1.29 is 23.4 Å². The molecule has 0 aliphatic carbocycles. The third-order valence-corrected chi connectivity index (χ3v) is 4.39. The van der Waals surface area contributed by atoms with Crippen molar-refractivity contribution in [2.24, 2.45) is 5.10 Å². The van der Waals surface area contributed by atoms with Gasteiger partial charge >= 0.3 is 6.09 Å². The van der Waals surface area contributed by atoms with E-state index in [4.69, 9.17) is 16.3 Å². The summed E-state index contributed by atoms with van der Waals surface area (Å²) < 4.78 is 33.4. The molecule has 0 fully saturated rings. The van der Waals surface area contributed by atoms with Gasteiger partial charge in [-0.25, -0.2) is 18.6 Å². The summed E-state index contributed by atoms with van der Waals surface area (Å²) in [6.45, 7) is 0.0535. The van der Waals surface area contributed by atoms with Crippen LogP contribution in [0.3, 0.4) is 0 Å². The Balaban J connectivity index is 1.69. The van der Waals surface area contributed by atoms with Gasteiger partial charge in [-0.3, -0.25) is 10.7 Å². The Labute approximate surface area is 167 Å². The number of halogens is 3. The average molecular weight is 422 g/mol. The maximum Gasteiger partial charge on any atom is 0.414 e. The summed E-state index contributed by atoms with van der Waals surface area (Å²) in [6, 6.07) is 6.78. The van der Waals surface area contributed by atoms with E-state index in [9.17, 15) is 18.7 Å². The molecule has 1 aliphatic heterocycles. The maximum atomic E-state index is 14.4. The van der Waals surface area contributed by atoms with Crippen LogP contribution in [0.5, 0.6) is 0 Å². The van der Waals surface area contributed by atoms with Gasteiger partial charge in [-0.15, -0.1) is 11.6 Å². The molecule has 0 bridgehead atoms. The minimum atomic E-state index is -1.46. The molecule has 1 amide bonds. The number of fused-ring (bicyclic) bond motifs is 2. The third-order valence-electron chi connectivity index (χ3n) is 4.24. The molecule has 3 aromatic rings. The summed E-state index contributed by atoms with van der Waals surface area (Å²) in [4.78, 5) is 18.7. The zero-order valence-electron chi connectivity index (χ0n) is 14.7. The monoisotopic (exact) mass is 421 g/mol. The predicted molar refractivity (Wildman–Crippen MR) is 102 cm³/mol. The number of nitrogens with zero attached hydrogens (tertiary/aromatic N) is 2. The molecule has 1 aromatic heterocycles. The zero-order chi connectivity index (χ0) is 20.5. The average Bonchev–Trinajstić information content (AvgIpc) is 3.10. The number of rotatable bonds is 4. The second kappa shape index (κ2) is 7.64. The number of hydrazone groups is 1. The first kappa shape index (κ1) is 19.1. The Morgan fingerprint density at radius 2 is 2.07 bits per heavy atom. The SMILES string of the molecule is O=C(Nc1nc2ccc(C3=NNC(O)c4c(F)ccc(F)c43)cc2[nH]1)OCCCl. The summed E-state index contributed by atoms with van der Waals surface area (Å²) >= 11 is 5.46. The van der Waals surface area contributed by atoms with E-state index >= 15 is 0 Å². The highest BCUT2D eigenvalue weighted by atomic mass is 35.5. The third kappa shape index (κ3) is 3.59. The first-order valence-corrected chi connectivity index (χ1v) is 9.01. The van der Waals surface area contributed by atoms with Crippen LogP contribution in [0.1, 0.15) is 22.9 Å². The van der Waals surface area contributed by atoms with Crippen molar-refractivity contribution >= 4 is 40.4 Å². The number of hydrogen-bond acceptors (Lipinski definition) is 6. The first-order chi connectivity index (χ1) is 14.0. The highest BCUT2D eigenvalue weighted by Crippen LogP contribution is 2.29. The van der Waals surface area contributed by atoms with Crippen molar-refractivity contribution in [2.75, 3.05) is 17.8 Å². The number of aliphatic hydroxyl groups excluding tert-OH is 1. The van der Waals surface area contributed by atoms with Gasteiger partial charge in [0.25, 0.3) is 0 Å². The standard InChI is InChI=1S/C18H14ClF2N5O3/c19-5-6-29-18(28)24-17-22-11-4-1-8(7-12(11)23-17)15-13-9(20)2-3-10(21)14(13)16(27)26-25-15/h1-4,7,16,26-27H,5-6H2,(H2,22,23,24,28). The van der Waals surface area contributed by atoms with Crippen LogP contribution in [0.2, 0.25) is 0 Å². The molecule has 2 heterocycles. The van der Waals surface area contributed by atoms with E-state index in [-0.39, 0.29) is 35.3 Å². The Kier molecular flexibility index (Phi) is 5.03. The van der Waals surface area contributed by atoms with Crippen molar-refractivity contribution in [3.8, 4) is 0 Å².